The van der Waals surface area contributed by atoms with E-state index in [2.05, 4.69) is 12.2 Å². The Labute approximate surface area is 111 Å². The molecule has 0 unspecified atom stereocenters. The number of hydrogen-bond acceptors (Lipinski definition) is 1. The predicted molar refractivity (Wildman–Crippen MR) is 80.7 cm³/mol. The molecule has 0 aromatic heterocycles. The van der Waals surface area contributed by atoms with Gasteiger partial charge in [-0.2, -0.15) is 0 Å². The first-order chi connectivity index (χ1) is 8.95. The van der Waals surface area contributed by atoms with Crippen LogP contribution in [0.5, 0.6) is 5.75 Å². The molecule has 1 aromatic carbocycles. The number of allylic oxidation sites excluding steroid dienone is 5. The molecule has 98 valence electrons. The van der Waals surface area contributed by atoms with Gasteiger partial charge in [0, 0.05) is 0 Å². The average molecular weight is 244 g/mol. The Kier molecular flexibility index (Phi) is 10.6. The fourth-order valence-corrected chi connectivity index (χ4v) is 1.25. The van der Waals surface area contributed by atoms with Crippen LogP contribution in [0.3, 0.4) is 0 Å². The monoisotopic (exact) mass is 244 g/mol. The Morgan fingerprint density at radius 2 is 1.56 bits per heavy atom. The molecule has 0 radical (unpaired) electrons. The summed E-state index contributed by atoms with van der Waals surface area (Å²) in [6, 6.07) is 9.80. The lowest BCUT2D eigenvalue weighted by Crippen LogP contribution is -1.90. The quantitative estimate of drug-likeness (QED) is 0.665. The van der Waals surface area contributed by atoms with Crippen LogP contribution in [0.25, 0.3) is 0 Å². The summed E-state index contributed by atoms with van der Waals surface area (Å²) in [5.41, 5.74) is 0. The Bertz CT molecular complexity index is 372. The van der Waals surface area contributed by atoms with Crippen LogP contribution in [-0.2, 0) is 0 Å². The van der Waals surface area contributed by atoms with E-state index in [-0.39, 0.29) is 0 Å². The standard InChI is InChI=1S/C13H12O.2C2H6/c1-2-5-9-12(8-4-1)14-13-10-6-3-7-11-13;2*1-2/h1,3-11H,2H2;2*1-2H3. The summed E-state index contributed by atoms with van der Waals surface area (Å²) in [6.07, 6.45) is 11.1. The fraction of sp³-hybridized carbons (Fsp3) is 0.294. The molecule has 1 aliphatic rings. The van der Waals surface area contributed by atoms with E-state index >= 15 is 0 Å². The second-order valence-corrected chi connectivity index (χ2v) is 3.05. The van der Waals surface area contributed by atoms with Gasteiger partial charge in [0.15, 0.2) is 0 Å². The minimum Gasteiger partial charge on any atom is -0.457 e. The van der Waals surface area contributed by atoms with Crippen molar-refractivity contribution in [2.45, 2.75) is 34.1 Å². The lowest BCUT2D eigenvalue weighted by Gasteiger charge is -2.04. The van der Waals surface area contributed by atoms with Crippen LogP contribution < -0.4 is 4.74 Å². The molecular formula is C17H24O. The molecule has 0 bridgehead atoms. The molecule has 0 fully saturated rings. The van der Waals surface area contributed by atoms with Gasteiger partial charge in [0.25, 0.3) is 0 Å². The van der Waals surface area contributed by atoms with Crippen LogP contribution in [0.15, 0.2) is 66.5 Å². The molecule has 2 rings (SSSR count). The molecule has 1 aliphatic carbocycles. The highest BCUT2D eigenvalue weighted by Gasteiger charge is 1.95. The average Bonchev–Trinajstić information content (AvgIpc) is 2.73. The second-order valence-electron chi connectivity index (χ2n) is 3.05. The van der Waals surface area contributed by atoms with Crippen molar-refractivity contribution >= 4 is 0 Å². The van der Waals surface area contributed by atoms with E-state index in [0.29, 0.717) is 0 Å². The van der Waals surface area contributed by atoms with Crippen molar-refractivity contribution in [3.05, 3.63) is 66.5 Å². The van der Waals surface area contributed by atoms with Crippen LogP contribution in [0, 0.1) is 0 Å². The molecule has 1 aromatic rings. The molecule has 0 aliphatic heterocycles. The maximum Gasteiger partial charge on any atom is 0.127 e. The first-order valence-corrected chi connectivity index (χ1v) is 6.71. The number of para-hydroxylation sites is 1. The van der Waals surface area contributed by atoms with Crippen molar-refractivity contribution in [1.29, 1.82) is 0 Å². The predicted octanol–water partition coefficient (Wildman–Crippen LogP) is 5.52. The zero-order chi connectivity index (χ0) is 13.6. The van der Waals surface area contributed by atoms with Gasteiger partial charge in [-0.1, -0.05) is 64.1 Å². The molecule has 1 nitrogen and oxygen atoms in total. The van der Waals surface area contributed by atoms with Crippen LogP contribution in [-0.4, -0.2) is 0 Å². The van der Waals surface area contributed by atoms with Crippen molar-refractivity contribution in [2.24, 2.45) is 0 Å². The van der Waals surface area contributed by atoms with Crippen LogP contribution in [0.2, 0.25) is 0 Å². The van der Waals surface area contributed by atoms with Gasteiger partial charge < -0.3 is 4.74 Å². The molecule has 0 saturated heterocycles. The highest BCUT2D eigenvalue weighted by Crippen LogP contribution is 2.14. The number of benzene rings is 1. The summed E-state index contributed by atoms with van der Waals surface area (Å²) in [5, 5.41) is 0. The van der Waals surface area contributed by atoms with Crippen molar-refractivity contribution in [3.63, 3.8) is 0 Å². The Morgan fingerprint density at radius 3 is 2.22 bits per heavy atom. The highest BCUT2D eigenvalue weighted by molar-refractivity contribution is 5.29. The molecule has 0 amide bonds. The largest absolute Gasteiger partial charge is 0.457 e. The maximum atomic E-state index is 5.66. The van der Waals surface area contributed by atoms with E-state index in [9.17, 15) is 0 Å². The number of hydrogen-bond donors (Lipinski definition) is 0. The topological polar surface area (TPSA) is 9.23 Å². The first kappa shape index (κ1) is 16.2. The molecule has 0 spiro atoms. The minimum atomic E-state index is 0.874. The van der Waals surface area contributed by atoms with Gasteiger partial charge in [-0.25, -0.2) is 0 Å². The third kappa shape index (κ3) is 6.74. The van der Waals surface area contributed by atoms with Crippen LogP contribution in [0.4, 0.5) is 0 Å². The van der Waals surface area contributed by atoms with E-state index in [0.717, 1.165) is 17.9 Å². The van der Waals surface area contributed by atoms with Gasteiger partial charge >= 0.3 is 0 Å². The van der Waals surface area contributed by atoms with Gasteiger partial charge in [0.05, 0.1) is 0 Å². The summed E-state index contributed by atoms with van der Waals surface area (Å²) in [4.78, 5) is 0. The molecule has 0 atom stereocenters. The zero-order valence-corrected chi connectivity index (χ0v) is 11.9. The molecule has 1 heteroatoms. The van der Waals surface area contributed by atoms with Crippen molar-refractivity contribution in [2.75, 3.05) is 0 Å². The normalized spacial score (nSPS) is 12.1. The van der Waals surface area contributed by atoms with Crippen LogP contribution in [0.1, 0.15) is 34.1 Å². The fourth-order valence-electron chi connectivity index (χ4n) is 1.25. The molecule has 18 heavy (non-hydrogen) atoms. The van der Waals surface area contributed by atoms with E-state index in [1.54, 1.807) is 0 Å². The van der Waals surface area contributed by atoms with E-state index in [1.807, 2.05) is 76.3 Å². The van der Waals surface area contributed by atoms with Gasteiger partial charge in [-0.3, -0.25) is 0 Å². The Morgan fingerprint density at radius 1 is 0.889 bits per heavy atom. The van der Waals surface area contributed by atoms with Crippen molar-refractivity contribution < 1.29 is 4.74 Å². The SMILES string of the molecule is C1=CCC=CC(Oc2ccccc2)=C1.CC.CC. The van der Waals surface area contributed by atoms with Crippen molar-refractivity contribution in [3.8, 4) is 5.75 Å². The summed E-state index contributed by atoms with van der Waals surface area (Å²) in [5.74, 6) is 1.75. The molecule has 0 heterocycles. The number of ether oxygens (including phenoxy) is 1. The zero-order valence-electron chi connectivity index (χ0n) is 11.9. The smallest absolute Gasteiger partial charge is 0.127 e. The summed E-state index contributed by atoms with van der Waals surface area (Å²) in [7, 11) is 0. The lowest BCUT2D eigenvalue weighted by molar-refractivity contribution is 0.444. The maximum absolute atomic E-state index is 5.66. The Hall–Kier alpha value is -1.76. The first-order valence-electron chi connectivity index (χ1n) is 6.71. The van der Waals surface area contributed by atoms with E-state index in [4.69, 9.17) is 4.74 Å². The molecule has 0 N–H and O–H groups in total. The van der Waals surface area contributed by atoms with Gasteiger partial charge in [0.2, 0.25) is 0 Å². The van der Waals surface area contributed by atoms with Gasteiger partial charge in [-0.05, 0) is 30.7 Å². The summed E-state index contributed by atoms with van der Waals surface area (Å²) < 4.78 is 5.66. The number of rotatable bonds is 2. The molecule has 0 saturated carbocycles. The third-order valence-electron chi connectivity index (χ3n) is 1.93. The van der Waals surface area contributed by atoms with Gasteiger partial charge in [0.1, 0.15) is 11.5 Å². The lowest BCUT2D eigenvalue weighted by atomic mass is 10.3. The van der Waals surface area contributed by atoms with E-state index < -0.39 is 0 Å². The van der Waals surface area contributed by atoms with E-state index in [1.165, 1.54) is 0 Å². The van der Waals surface area contributed by atoms with Gasteiger partial charge in [-0.15, -0.1) is 0 Å². The third-order valence-corrected chi connectivity index (χ3v) is 1.93. The minimum absolute atomic E-state index is 0.874. The summed E-state index contributed by atoms with van der Waals surface area (Å²) in [6.45, 7) is 8.00. The summed E-state index contributed by atoms with van der Waals surface area (Å²) >= 11 is 0. The Balaban J connectivity index is 0.000000659. The van der Waals surface area contributed by atoms with Crippen LogP contribution >= 0.6 is 0 Å². The highest BCUT2D eigenvalue weighted by atomic mass is 16.5. The molecular weight excluding hydrogens is 220 g/mol. The van der Waals surface area contributed by atoms with Crippen molar-refractivity contribution in [1.82, 2.24) is 0 Å². The second kappa shape index (κ2) is 11.7.